The summed E-state index contributed by atoms with van der Waals surface area (Å²) in [7, 11) is 1.82. The van der Waals surface area contributed by atoms with Gasteiger partial charge in [-0.3, -0.25) is 4.98 Å². The van der Waals surface area contributed by atoms with Gasteiger partial charge in [0, 0.05) is 60.0 Å². The van der Waals surface area contributed by atoms with Crippen LogP contribution in [0.5, 0.6) is 0 Å². The highest BCUT2D eigenvalue weighted by Crippen LogP contribution is 2.31. The van der Waals surface area contributed by atoms with E-state index in [1.807, 2.05) is 25.2 Å². The third kappa shape index (κ3) is 3.43. The molecule has 2 aromatic carbocycles. The Balaban J connectivity index is 1.53. The number of aromatic nitrogens is 2. The van der Waals surface area contributed by atoms with Crippen LogP contribution >= 0.6 is 0 Å². The van der Waals surface area contributed by atoms with Gasteiger partial charge >= 0.3 is 6.03 Å². The lowest BCUT2D eigenvalue weighted by Gasteiger charge is -2.18. The van der Waals surface area contributed by atoms with Crippen LogP contribution in [0.1, 0.15) is 12.5 Å². The molecule has 0 spiro atoms. The van der Waals surface area contributed by atoms with Gasteiger partial charge in [0.25, 0.3) is 0 Å². The van der Waals surface area contributed by atoms with Gasteiger partial charge in [-0.15, -0.1) is 0 Å². The number of nitrogens with one attached hydrogen (secondary N) is 1. The zero-order chi connectivity index (χ0) is 19.5. The second-order valence-corrected chi connectivity index (χ2v) is 6.95. The number of likely N-dealkylation sites (N-methyl/N-ethyl adjacent to an activating group) is 1. The number of hydrogen-bond donors (Lipinski definition) is 1. The predicted molar refractivity (Wildman–Crippen MR) is 115 cm³/mol. The number of fused-ring (bicyclic) bond motifs is 3. The van der Waals surface area contributed by atoms with E-state index in [2.05, 4.69) is 58.2 Å². The molecule has 28 heavy (non-hydrogen) atoms. The summed E-state index contributed by atoms with van der Waals surface area (Å²) in [5.74, 6) is 0. The molecule has 0 aliphatic heterocycles. The minimum atomic E-state index is -0.104. The molecule has 1 N–H and O–H groups in total. The molecule has 2 heterocycles. The van der Waals surface area contributed by atoms with Gasteiger partial charge in [0.05, 0.1) is 0 Å². The first kappa shape index (κ1) is 18.0. The van der Waals surface area contributed by atoms with Crippen LogP contribution in [0.4, 0.5) is 10.5 Å². The van der Waals surface area contributed by atoms with E-state index in [9.17, 15) is 4.79 Å². The molecule has 0 fully saturated rings. The molecular weight excluding hydrogens is 348 g/mol. The van der Waals surface area contributed by atoms with E-state index < -0.39 is 0 Å². The Morgan fingerprint density at radius 3 is 2.57 bits per heavy atom. The highest BCUT2D eigenvalue weighted by molar-refractivity contribution is 6.09. The number of nitrogens with zero attached hydrogens (tertiary/aromatic N) is 3. The number of rotatable bonds is 5. The summed E-state index contributed by atoms with van der Waals surface area (Å²) >= 11 is 0. The van der Waals surface area contributed by atoms with E-state index in [0.717, 1.165) is 24.0 Å². The van der Waals surface area contributed by atoms with Crippen molar-refractivity contribution in [3.63, 3.8) is 0 Å². The van der Waals surface area contributed by atoms with Crippen molar-refractivity contribution in [1.82, 2.24) is 14.5 Å². The third-order valence-electron chi connectivity index (χ3n) is 5.17. The molecule has 2 aromatic heterocycles. The Bertz CT molecular complexity index is 1120. The van der Waals surface area contributed by atoms with Gasteiger partial charge in [-0.1, -0.05) is 18.2 Å². The highest BCUT2D eigenvalue weighted by atomic mass is 16.2. The topological polar surface area (TPSA) is 50.2 Å². The van der Waals surface area contributed by atoms with Gasteiger partial charge in [0.15, 0.2) is 0 Å². The van der Waals surface area contributed by atoms with E-state index in [1.54, 1.807) is 17.3 Å². The maximum atomic E-state index is 12.6. The predicted octanol–water partition coefficient (Wildman–Crippen LogP) is 4.92. The lowest BCUT2D eigenvalue weighted by atomic mass is 10.1. The number of anilines is 1. The quantitative estimate of drug-likeness (QED) is 0.541. The summed E-state index contributed by atoms with van der Waals surface area (Å²) in [4.78, 5) is 18.3. The van der Waals surface area contributed by atoms with Gasteiger partial charge < -0.3 is 14.8 Å². The van der Waals surface area contributed by atoms with E-state index in [-0.39, 0.29) is 6.03 Å². The third-order valence-corrected chi connectivity index (χ3v) is 5.17. The molecule has 142 valence electrons. The van der Waals surface area contributed by atoms with E-state index >= 15 is 0 Å². The molecule has 0 unspecified atom stereocenters. The van der Waals surface area contributed by atoms with Crippen molar-refractivity contribution in [2.45, 2.75) is 19.9 Å². The molecule has 0 aliphatic carbocycles. The molecule has 4 rings (SSSR count). The minimum absolute atomic E-state index is 0.104. The zero-order valence-corrected chi connectivity index (χ0v) is 16.2. The van der Waals surface area contributed by atoms with E-state index in [0.29, 0.717) is 6.54 Å². The number of benzene rings is 2. The second-order valence-electron chi connectivity index (χ2n) is 6.95. The first-order valence-electron chi connectivity index (χ1n) is 9.59. The van der Waals surface area contributed by atoms with Crippen LogP contribution in [-0.4, -0.2) is 34.1 Å². The monoisotopic (exact) mass is 372 g/mol. The number of para-hydroxylation sites is 1. The molecule has 0 saturated carbocycles. The first-order valence-corrected chi connectivity index (χ1v) is 9.59. The molecule has 4 aromatic rings. The van der Waals surface area contributed by atoms with Gasteiger partial charge in [-0.25, -0.2) is 4.79 Å². The molecule has 2 amide bonds. The molecule has 0 saturated heterocycles. The largest absolute Gasteiger partial charge is 0.341 e. The summed E-state index contributed by atoms with van der Waals surface area (Å²) < 4.78 is 2.30. The van der Waals surface area contributed by atoms with Crippen molar-refractivity contribution in [2.24, 2.45) is 0 Å². The van der Waals surface area contributed by atoms with Gasteiger partial charge in [0.1, 0.15) is 0 Å². The summed E-state index contributed by atoms with van der Waals surface area (Å²) in [5.41, 5.74) is 4.39. The Labute approximate surface area is 164 Å². The van der Waals surface area contributed by atoms with Crippen molar-refractivity contribution >= 4 is 33.5 Å². The van der Waals surface area contributed by atoms with Crippen molar-refractivity contribution in [2.75, 3.05) is 18.9 Å². The van der Waals surface area contributed by atoms with Gasteiger partial charge in [-0.05, 0) is 55.3 Å². The molecule has 0 bridgehead atoms. The molecule has 5 nitrogen and oxygen atoms in total. The number of carbonyl (C=O) groups is 1. The number of pyridine rings is 1. The molecular formula is C23H24N4O. The van der Waals surface area contributed by atoms with Crippen LogP contribution in [0.15, 0.2) is 67.0 Å². The number of hydrogen-bond acceptors (Lipinski definition) is 2. The number of urea groups is 1. The standard InChI is InChI=1S/C23H24N4O/c1-3-27-21-7-5-4-6-19(21)20-16-18(8-9-22(20)27)25-23(28)26(2)15-12-17-10-13-24-14-11-17/h4-11,13-14,16H,3,12,15H2,1-2H3,(H,25,28). The Kier molecular flexibility index (Phi) is 4.98. The maximum absolute atomic E-state index is 12.6. The SMILES string of the molecule is CCn1c2ccccc2c2cc(NC(=O)N(C)CCc3ccncc3)ccc21. The first-order chi connectivity index (χ1) is 13.7. The van der Waals surface area contributed by atoms with Crippen molar-refractivity contribution in [3.05, 3.63) is 72.6 Å². The molecule has 0 radical (unpaired) electrons. The van der Waals surface area contributed by atoms with E-state index in [4.69, 9.17) is 0 Å². The summed E-state index contributed by atoms with van der Waals surface area (Å²) in [5, 5.41) is 5.40. The lowest BCUT2D eigenvalue weighted by molar-refractivity contribution is 0.223. The Morgan fingerprint density at radius 1 is 1.04 bits per heavy atom. The van der Waals surface area contributed by atoms with Crippen LogP contribution < -0.4 is 5.32 Å². The number of amides is 2. The van der Waals surface area contributed by atoms with Crippen molar-refractivity contribution < 1.29 is 4.79 Å². The molecule has 5 heteroatoms. The summed E-state index contributed by atoms with van der Waals surface area (Å²) in [6, 6.07) is 18.4. The second kappa shape index (κ2) is 7.72. The van der Waals surface area contributed by atoms with E-state index in [1.165, 1.54) is 22.0 Å². The Hall–Kier alpha value is -3.34. The van der Waals surface area contributed by atoms with Crippen LogP contribution in [0.3, 0.4) is 0 Å². The van der Waals surface area contributed by atoms with Gasteiger partial charge in [-0.2, -0.15) is 0 Å². The van der Waals surface area contributed by atoms with Crippen LogP contribution in [-0.2, 0) is 13.0 Å². The van der Waals surface area contributed by atoms with Crippen LogP contribution in [0.25, 0.3) is 21.8 Å². The number of carbonyl (C=O) groups excluding carboxylic acids is 1. The smallest absolute Gasteiger partial charge is 0.321 e. The van der Waals surface area contributed by atoms with Gasteiger partial charge in [0.2, 0.25) is 0 Å². The highest BCUT2D eigenvalue weighted by Gasteiger charge is 2.12. The fourth-order valence-electron chi connectivity index (χ4n) is 3.64. The minimum Gasteiger partial charge on any atom is -0.341 e. The fraction of sp³-hybridized carbons (Fsp3) is 0.217. The molecule has 0 atom stereocenters. The average Bonchev–Trinajstić information content (AvgIpc) is 3.05. The van der Waals surface area contributed by atoms with Crippen LogP contribution in [0.2, 0.25) is 0 Å². The summed E-state index contributed by atoms with van der Waals surface area (Å²) in [6.07, 6.45) is 4.35. The zero-order valence-electron chi connectivity index (χ0n) is 16.2. The average molecular weight is 372 g/mol. The maximum Gasteiger partial charge on any atom is 0.321 e. The summed E-state index contributed by atoms with van der Waals surface area (Å²) in [6.45, 7) is 3.71. The lowest BCUT2D eigenvalue weighted by Crippen LogP contribution is -2.32. The fourth-order valence-corrected chi connectivity index (χ4v) is 3.64. The van der Waals surface area contributed by atoms with Crippen molar-refractivity contribution in [1.29, 1.82) is 0 Å². The molecule has 0 aliphatic rings. The normalized spacial score (nSPS) is 11.1. The van der Waals surface area contributed by atoms with Crippen LogP contribution in [0, 0.1) is 0 Å². The Morgan fingerprint density at radius 2 is 1.79 bits per heavy atom. The van der Waals surface area contributed by atoms with Crippen molar-refractivity contribution in [3.8, 4) is 0 Å². The number of aryl methyl sites for hydroxylation is 1.